The lowest BCUT2D eigenvalue weighted by Crippen LogP contribution is -2.02. The molecule has 29 heavy (non-hydrogen) atoms. The van der Waals surface area contributed by atoms with E-state index < -0.39 is 26.2 Å². The number of nitro groups is 1. The van der Waals surface area contributed by atoms with Gasteiger partial charge >= 0.3 is 5.69 Å². The first-order valence-corrected chi connectivity index (χ1v) is 9.94. The Balaban J connectivity index is 1.73. The predicted molar refractivity (Wildman–Crippen MR) is 109 cm³/mol. The molecule has 0 fully saturated rings. The molecule has 0 atom stereocenters. The number of nitro benzene ring substituents is 1. The summed E-state index contributed by atoms with van der Waals surface area (Å²) >= 11 is 0. The Morgan fingerprint density at radius 2 is 1.59 bits per heavy atom. The zero-order valence-electron chi connectivity index (χ0n) is 15.3. The van der Waals surface area contributed by atoms with E-state index in [9.17, 15) is 23.6 Å². The van der Waals surface area contributed by atoms with Crippen LogP contribution in [-0.4, -0.2) is 24.7 Å². The molecular formula is C20H17N3O5S. The first-order chi connectivity index (χ1) is 13.8. The molecule has 0 aliphatic rings. The predicted octanol–water partition coefficient (Wildman–Crippen LogP) is 3.89. The van der Waals surface area contributed by atoms with Crippen molar-refractivity contribution >= 4 is 27.4 Å². The van der Waals surface area contributed by atoms with E-state index in [1.165, 1.54) is 36.5 Å². The van der Waals surface area contributed by atoms with Crippen LogP contribution in [0.25, 0.3) is 0 Å². The quantitative estimate of drug-likeness (QED) is 0.360. The monoisotopic (exact) mass is 411 g/mol. The first kappa shape index (κ1) is 20.0. The first-order valence-electron chi connectivity index (χ1n) is 8.46. The highest BCUT2D eigenvalue weighted by Gasteiger charge is 2.17. The minimum Gasteiger partial charge on any atom is -0.502 e. The maximum absolute atomic E-state index is 12.6. The van der Waals surface area contributed by atoms with Crippen LogP contribution in [0.2, 0.25) is 0 Å². The van der Waals surface area contributed by atoms with Crippen molar-refractivity contribution in [2.75, 3.05) is 5.43 Å². The van der Waals surface area contributed by atoms with Gasteiger partial charge in [0.15, 0.2) is 5.75 Å². The zero-order chi connectivity index (χ0) is 21.0. The number of aromatic hydroxyl groups is 1. The van der Waals surface area contributed by atoms with Crippen molar-refractivity contribution in [1.29, 1.82) is 0 Å². The molecule has 8 nitrogen and oxygen atoms in total. The van der Waals surface area contributed by atoms with Crippen LogP contribution in [0.5, 0.6) is 5.75 Å². The summed E-state index contributed by atoms with van der Waals surface area (Å²) < 4.78 is 25.3. The van der Waals surface area contributed by atoms with Crippen LogP contribution >= 0.6 is 0 Å². The Bertz CT molecular complexity index is 1170. The van der Waals surface area contributed by atoms with Crippen molar-refractivity contribution in [3.05, 3.63) is 88.0 Å². The van der Waals surface area contributed by atoms with Gasteiger partial charge in [0.25, 0.3) is 0 Å². The van der Waals surface area contributed by atoms with E-state index in [2.05, 4.69) is 10.5 Å². The molecule has 3 rings (SSSR count). The molecule has 0 saturated heterocycles. The maximum atomic E-state index is 12.6. The molecule has 0 aliphatic heterocycles. The lowest BCUT2D eigenvalue weighted by atomic mass is 10.2. The number of rotatable bonds is 6. The largest absolute Gasteiger partial charge is 0.502 e. The Morgan fingerprint density at radius 1 is 1.00 bits per heavy atom. The number of benzene rings is 3. The van der Waals surface area contributed by atoms with Crippen molar-refractivity contribution < 1.29 is 18.4 Å². The molecule has 0 spiro atoms. The van der Waals surface area contributed by atoms with Crippen LogP contribution in [0.4, 0.5) is 11.4 Å². The SMILES string of the molecule is Cc1ccc(S(=O)(=O)c2ccc(N/N=C/c3ccc(O)c([N+](=O)[O-])c3)cc2)cc1. The van der Waals surface area contributed by atoms with Crippen LogP contribution in [0.3, 0.4) is 0 Å². The zero-order valence-corrected chi connectivity index (χ0v) is 16.1. The standard InChI is InChI=1S/C20H17N3O5S/c1-14-2-7-17(8-3-14)29(27,28)18-9-5-16(6-10-18)22-21-13-15-4-11-20(24)19(12-15)23(25)26/h2-13,22,24H,1H3/b21-13+. The molecule has 0 aromatic heterocycles. The molecule has 3 aromatic carbocycles. The van der Waals surface area contributed by atoms with Gasteiger partial charge in [-0.05, 0) is 55.5 Å². The Labute approximate surface area is 167 Å². The summed E-state index contributed by atoms with van der Waals surface area (Å²) in [7, 11) is -3.61. The molecule has 0 bridgehead atoms. The van der Waals surface area contributed by atoms with Crippen molar-refractivity contribution in [3.8, 4) is 5.75 Å². The molecule has 0 unspecified atom stereocenters. The summed E-state index contributed by atoms with van der Waals surface area (Å²) in [6, 6.07) is 16.6. The fourth-order valence-corrected chi connectivity index (χ4v) is 3.77. The van der Waals surface area contributed by atoms with Crippen molar-refractivity contribution in [2.45, 2.75) is 16.7 Å². The van der Waals surface area contributed by atoms with Crippen LogP contribution in [0.15, 0.2) is 81.6 Å². The highest BCUT2D eigenvalue weighted by Crippen LogP contribution is 2.26. The number of phenols is 1. The van der Waals surface area contributed by atoms with E-state index in [0.717, 1.165) is 5.56 Å². The van der Waals surface area contributed by atoms with Gasteiger partial charge in [-0.1, -0.05) is 17.7 Å². The highest BCUT2D eigenvalue weighted by atomic mass is 32.2. The summed E-state index contributed by atoms with van der Waals surface area (Å²) in [6.07, 6.45) is 1.35. The third-order valence-electron chi connectivity index (χ3n) is 4.10. The third-order valence-corrected chi connectivity index (χ3v) is 5.88. The van der Waals surface area contributed by atoms with E-state index in [4.69, 9.17) is 0 Å². The van der Waals surface area contributed by atoms with Crippen molar-refractivity contribution in [3.63, 3.8) is 0 Å². The Morgan fingerprint density at radius 3 is 2.17 bits per heavy atom. The normalized spacial score (nSPS) is 11.5. The van der Waals surface area contributed by atoms with Crippen molar-refractivity contribution in [2.24, 2.45) is 5.10 Å². The summed E-state index contributed by atoms with van der Waals surface area (Å²) in [5.41, 5.74) is 4.24. The smallest absolute Gasteiger partial charge is 0.311 e. The number of hydrogen-bond donors (Lipinski definition) is 2. The third kappa shape index (κ3) is 4.58. The average molecular weight is 411 g/mol. The minimum absolute atomic E-state index is 0.157. The van der Waals surface area contributed by atoms with Gasteiger partial charge in [0, 0.05) is 11.6 Å². The van der Waals surface area contributed by atoms with Gasteiger partial charge < -0.3 is 5.11 Å². The molecule has 0 heterocycles. The van der Waals surface area contributed by atoms with Crippen LogP contribution in [0, 0.1) is 17.0 Å². The molecule has 2 N–H and O–H groups in total. The minimum atomic E-state index is -3.61. The number of sulfone groups is 1. The second-order valence-corrected chi connectivity index (χ2v) is 8.17. The number of anilines is 1. The number of aryl methyl sites for hydroxylation is 1. The number of phenolic OH excluding ortho intramolecular Hbond substituents is 1. The van der Waals surface area contributed by atoms with Gasteiger partial charge in [0.05, 0.1) is 26.6 Å². The fraction of sp³-hybridized carbons (Fsp3) is 0.0500. The second-order valence-electron chi connectivity index (χ2n) is 6.22. The molecule has 9 heteroatoms. The molecular weight excluding hydrogens is 394 g/mol. The molecule has 0 aliphatic carbocycles. The number of nitrogens with zero attached hydrogens (tertiary/aromatic N) is 2. The van der Waals surface area contributed by atoms with E-state index >= 15 is 0 Å². The van der Waals surface area contributed by atoms with E-state index in [-0.39, 0.29) is 9.79 Å². The van der Waals surface area contributed by atoms with Gasteiger partial charge in [-0.15, -0.1) is 0 Å². The van der Waals surface area contributed by atoms with E-state index in [1.807, 2.05) is 6.92 Å². The summed E-state index contributed by atoms with van der Waals surface area (Å²) in [6.45, 7) is 1.88. The molecule has 3 aromatic rings. The summed E-state index contributed by atoms with van der Waals surface area (Å²) in [4.78, 5) is 10.5. The Hall–Kier alpha value is -3.72. The van der Waals surface area contributed by atoms with Crippen LogP contribution < -0.4 is 5.43 Å². The van der Waals surface area contributed by atoms with Gasteiger partial charge in [0.2, 0.25) is 9.84 Å². The maximum Gasteiger partial charge on any atom is 0.311 e. The van der Waals surface area contributed by atoms with Gasteiger partial charge in [-0.25, -0.2) is 8.42 Å². The number of hydrazone groups is 1. The summed E-state index contributed by atoms with van der Waals surface area (Å²) in [5, 5.41) is 24.3. The van der Waals surface area contributed by atoms with E-state index in [1.54, 1.807) is 36.4 Å². The fourth-order valence-electron chi connectivity index (χ4n) is 2.51. The Kier molecular flexibility index (Phi) is 5.60. The topological polar surface area (TPSA) is 122 Å². The van der Waals surface area contributed by atoms with Crippen LogP contribution in [-0.2, 0) is 9.84 Å². The molecule has 0 saturated carbocycles. The van der Waals surface area contributed by atoms with Crippen LogP contribution in [0.1, 0.15) is 11.1 Å². The van der Waals surface area contributed by atoms with Gasteiger partial charge in [0.1, 0.15) is 0 Å². The van der Waals surface area contributed by atoms with Gasteiger partial charge in [-0.2, -0.15) is 5.10 Å². The lowest BCUT2D eigenvalue weighted by molar-refractivity contribution is -0.385. The number of hydrogen-bond acceptors (Lipinski definition) is 7. The van der Waals surface area contributed by atoms with Gasteiger partial charge in [-0.3, -0.25) is 15.5 Å². The average Bonchev–Trinajstić information content (AvgIpc) is 2.70. The highest BCUT2D eigenvalue weighted by molar-refractivity contribution is 7.91. The second kappa shape index (κ2) is 8.11. The number of nitrogens with one attached hydrogen (secondary N) is 1. The summed E-state index contributed by atoms with van der Waals surface area (Å²) in [5.74, 6) is -0.425. The molecule has 148 valence electrons. The lowest BCUT2D eigenvalue weighted by Gasteiger charge is -2.06. The van der Waals surface area contributed by atoms with E-state index in [0.29, 0.717) is 11.3 Å². The van der Waals surface area contributed by atoms with Crippen molar-refractivity contribution in [1.82, 2.24) is 0 Å². The molecule has 0 radical (unpaired) electrons. The molecule has 0 amide bonds.